The molecule has 0 aromatic carbocycles. The highest BCUT2D eigenvalue weighted by atomic mass is 32.2. The zero-order valence-electron chi connectivity index (χ0n) is 10.9. The van der Waals surface area contributed by atoms with Crippen molar-refractivity contribution in [2.45, 2.75) is 31.2 Å². The average molecular weight is 283 g/mol. The van der Waals surface area contributed by atoms with Gasteiger partial charge >= 0.3 is 0 Å². The van der Waals surface area contributed by atoms with Crippen LogP contribution in [0.5, 0.6) is 0 Å². The summed E-state index contributed by atoms with van der Waals surface area (Å²) in [6.07, 6.45) is 1.50. The molecule has 1 atom stereocenters. The van der Waals surface area contributed by atoms with E-state index in [1.54, 1.807) is 0 Å². The van der Waals surface area contributed by atoms with E-state index in [9.17, 15) is 8.42 Å². The maximum atomic E-state index is 12.1. The van der Waals surface area contributed by atoms with E-state index in [0.717, 1.165) is 6.20 Å². The third kappa shape index (κ3) is 4.28. The van der Waals surface area contributed by atoms with Crippen LogP contribution in [0.3, 0.4) is 0 Å². The molecular weight excluding hydrogens is 266 g/mol. The first-order valence-corrected chi connectivity index (χ1v) is 7.38. The highest BCUT2D eigenvalue weighted by Crippen LogP contribution is 2.13. The Morgan fingerprint density at radius 2 is 2.16 bits per heavy atom. The van der Waals surface area contributed by atoms with Gasteiger partial charge in [-0.3, -0.25) is 0 Å². The highest BCUT2D eigenvalue weighted by Gasteiger charge is 2.22. The number of hydrogen-bond donors (Lipinski definition) is 2. The second kappa shape index (κ2) is 6.61. The van der Waals surface area contributed by atoms with Crippen LogP contribution in [-0.2, 0) is 10.0 Å². The first-order valence-electron chi connectivity index (χ1n) is 5.90. The summed E-state index contributed by atoms with van der Waals surface area (Å²) >= 11 is 0. The van der Waals surface area contributed by atoms with Crippen LogP contribution in [0, 0.1) is 17.2 Å². The fourth-order valence-corrected chi connectivity index (χ4v) is 2.90. The van der Waals surface area contributed by atoms with E-state index in [1.165, 1.54) is 12.1 Å². The number of nitrogens with one attached hydrogen (secondary N) is 1. The minimum absolute atomic E-state index is 0.00934. The number of aromatic nitrogens is 1. The van der Waals surface area contributed by atoms with Gasteiger partial charge < -0.3 is 5.11 Å². The van der Waals surface area contributed by atoms with Gasteiger partial charge in [0.15, 0.2) is 0 Å². The first kappa shape index (κ1) is 15.6. The van der Waals surface area contributed by atoms with Gasteiger partial charge in [-0.05, 0) is 24.5 Å². The van der Waals surface area contributed by atoms with Gasteiger partial charge in [-0.2, -0.15) is 5.26 Å². The van der Waals surface area contributed by atoms with Crippen LogP contribution in [0.2, 0.25) is 0 Å². The van der Waals surface area contributed by atoms with E-state index in [2.05, 4.69) is 9.71 Å². The summed E-state index contributed by atoms with van der Waals surface area (Å²) in [5.74, 6) is 0.0632. The topological polar surface area (TPSA) is 103 Å². The van der Waals surface area contributed by atoms with E-state index in [0.29, 0.717) is 6.42 Å². The Hall–Kier alpha value is -1.49. The first-order chi connectivity index (χ1) is 8.90. The lowest BCUT2D eigenvalue weighted by molar-refractivity contribution is 0.256. The summed E-state index contributed by atoms with van der Waals surface area (Å²) in [5.41, 5.74) is 0.162. The predicted octanol–water partition coefficient (Wildman–Crippen LogP) is 0.639. The van der Waals surface area contributed by atoms with E-state index in [-0.39, 0.29) is 29.2 Å². The van der Waals surface area contributed by atoms with Gasteiger partial charge in [0.05, 0.1) is 0 Å². The molecule has 2 N–H and O–H groups in total. The number of pyridine rings is 1. The Morgan fingerprint density at radius 1 is 1.47 bits per heavy atom. The van der Waals surface area contributed by atoms with E-state index in [4.69, 9.17) is 10.4 Å². The number of nitriles is 1. The SMILES string of the molecule is CC(C)C(CCO)NS(=O)(=O)c1ccc(C#N)nc1. The van der Waals surface area contributed by atoms with Crippen LogP contribution in [0.15, 0.2) is 23.2 Å². The van der Waals surface area contributed by atoms with Crippen LogP contribution in [0.1, 0.15) is 26.0 Å². The van der Waals surface area contributed by atoms with E-state index < -0.39 is 10.0 Å². The van der Waals surface area contributed by atoms with Crippen LogP contribution >= 0.6 is 0 Å². The number of nitrogens with zero attached hydrogens (tertiary/aromatic N) is 2. The van der Waals surface area contributed by atoms with E-state index >= 15 is 0 Å². The van der Waals surface area contributed by atoms with Gasteiger partial charge in [0.1, 0.15) is 16.7 Å². The van der Waals surface area contributed by atoms with Crippen molar-refractivity contribution in [2.75, 3.05) is 6.61 Å². The second-order valence-corrected chi connectivity index (χ2v) is 6.19. The monoisotopic (exact) mass is 283 g/mol. The molecule has 0 amide bonds. The van der Waals surface area contributed by atoms with Crippen LogP contribution < -0.4 is 4.72 Å². The summed E-state index contributed by atoms with van der Waals surface area (Å²) in [6, 6.07) is 4.17. The molecule has 1 aromatic rings. The van der Waals surface area contributed by atoms with Gasteiger partial charge in [0, 0.05) is 18.8 Å². The van der Waals surface area contributed by atoms with E-state index in [1.807, 2.05) is 19.9 Å². The normalized spacial score (nSPS) is 13.2. The lowest BCUT2D eigenvalue weighted by atomic mass is 10.0. The summed E-state index contributed by atoms with van der Waals surface area (Å²) in [5, 5.41) is 17.6. The molecule has 1 aromatic heterocycles. The number of sulfonamides is 1. The molecule has 1 unspecified atom stereocenters. The molecule has 6 nitrogen and oxygen atoms in total. The molecule has 1 rings (SSSR count). The van der Waals surface area contributed by atoms with Gasteiger partial charge in [-0.15, -0.1) is 0 Å². The number of rotatable bonds is 6. The summed E-state index contributed by atoms with van der Waals surface area (Å²) in [7, 11) is -3.68. The summed E-state index contributed by atoms with van der Waals surface area (Å²) in [6.45, 7) is 3.66. The molecule has 0 aliphatic heterocycles. The van der Waals surface area contributed by atoms with Crippen molar-refractivity contribution in [1.82, 2.24) is 9.71 Å². The van der Waals surface area contributed by atoms with Gasteiger partial charge in [0.25, 0.3) is 0 Å². The molecule has 1 heterocycles. The number of aliphatic hydroxyl groups excluding tert-OH is 1. The molecule has 0 saturated heterocycles. The maximum absolute atomic E-state index is 12.1. The zero-order valence-corrected chi connectivity index (χ0v) is 11.7. The van der Waals surface area contributed by atoms with Crippen molar-refractivity contribution < 1.29 is 13.5 Å². The molecule has 19 heavy (non-hydrogen) atoms. The van der Waals surface area contributed by atoms with Gasteiger partial charge in [0.2, 0.25) is 10.0 Å². The van der Waals surface area contributed by atoms with Crippen LogP contribution in [0.4, 0.5) is 0 Å². The lowest BCUT2D eigenvalue weighted by Crippen LogP contribution is -2.39. The maximum Gasteiger partial charge on any atom is 0.242 e. The highest BCUT2D eigenvalue weighted by molar-refractivity contribution is 7.89. The van der Waals surface area contributed by atoms with Crippen molar-refractivity contribution in [3.05, 3.63) is 24.0 Å². The van der Waals surface area contributed by atoms with Crippen molar-refractivity contribution in [1.29, 1.82) is 5.26 Å². The second-order valence-electron chi connectivity index (χ2n) is 4.48. The molecule has 0 fully saturated rings. The molecule has 0 radical (unpaired) electrons. The fraction of sp³-hybridized carbons (Fsp3) is 0.500. The van der Waals surface area contributed by atoms with Crippen molar-refractivity contribution in [2.24, 2.45) is 5.92 Å². The molecule has 0 aliphatic rings. The Morgan fingerprint density at radius 3 is 2.58 bits per heavy atom. The van der Waals surface area contributed by atoms with Crippen molar-refractivity contribution in [3.8, 4) is 6.07 Å². The van der Waals surface area contributed by atoms with Gasteiger partial charge in [-0.25, -0.2) is 18.1 Å². The predicted molar refractivity (Wildman–Crippen MR) is 69.6 cm³/mol. The Labute approximate surface area is 113 Å². The van der Waals surface area contributed by atoms with Crippen molar-refractivity contribution >= 4 is 10.0 Å². The molecule has 0 saturated carbocycles. The number of hydrogen-bond acceptors (Lipinski definition) is 5. The fourth-order valence-electron chi connectivity index (χ4n) is 1.54. The molecule has 0 bridgehead atoms. The summed E-state index contributed by atoms with van der Waals surface area (Å²) in [4.78, 5) is 3.74. The van der Waals surface area contributed by atoms with Crippen molar-refractivity contribution in [3.63, 3.8) is 0 Å². The minimum Gasteiger partial charge on any atom is -0.396 e. The average Bonchev–Trinajstić information content (AvgIpc) is 2.38. The smallest absolute Gasteiger partial charge is 0.242 e. The Balaban J connectivity index is 2.93. The number of aliphatic hydroxyl groups is 1. The quantitative estimate of drug-likeness (QED) is 0.797. The Kier molecular flexibility index (Phi) is 5.42. The molecule has 0 aliphatic carbocycles. The largest absolute Gasteiger partial charge is 0.396 e. The lowest BCUT2D eigenvalue weighted by Gasteiger charge is -2.21. The molecule has 0 spiro atoms. The molecule has 104 valence electrons. The Bertz CT molecular complexity index is 547. The third-order valence-electron chi connectivity index (χ3n) is 2.71. The third-order valence-corrected chi connectivity index (χ3v) is 4.19. The van der Waals surface area contributed by atoms with Crippen LogP contribution in [0.25, 0.3) is 0 Å². The molecular formula is C12H17N3O3S. The van der Waals surface area contributed by atoms with Crippen LogP contribution in [-0.4, -0.2) is 31.2 Å². The molecule has 7 heteroatoms. The zero-order chi connectivity index (χ0) is 14.5. The minimum atomic E-state index is -3.68. The van der Waals surface area contributed by atoms with Gasteiger partial charge in [-0.1, -0.05) is 13.8 Å². The summed E-state index contributed by atoms with van der Waals surface area (Å²) < 4.78 is 26.7. The standard InChI is InChI=1S/C12H17N3O3S/c1-9(2)12(5-6-16)15-19(17,18)11-4-3-10(7-13)14-8-11/h3-4,8-9,12,15-16H,5-6H2,1-2H3.